The molecular formula is C26H32O5. The van der Waals surface area contributed by atoms with Crippen molar-refractivity contribution in [3.8, 4) is 17.2 Å². The first-order valence-electron chi connectivity index (χ1n) is 11.0. The fraction of sp³-hybridized carbons (Fsp3) is 0.423. The molecule has 0 aromatic heterocycles. The molecule has 0 heterocycles. The van der Waals surface area contributed by atoms with Crippen molar-refractivity contribution in [2.75, 3.05) is 13.2 Å². The van der Waals surface area contributed by atoms with Crippen molar-refractivity contribution >= 4 is 5.97 Å². The Morgan fingerprint density at radius 1 is 0.935 bits per heavy atom. The van der Waals surface area contributed by atoms with Gasteiger partial charge in [-0.25, -0.2) is 4.79 Å². The summed E-state index contributed by atoms with van der Waals surface area (Å²) in [6.45, 7) is 7.86. The van der Waals surface area contributed by atoms with E-state index in [1.807, 2.05) is 19.1 Å². The summed E-state index contributed by atoms with van der Waals surface area (Å²) in [6, 6.07) is 15.3. The topological polar surface area (TPSA) is 54.0 Å². The lowest BCUT2D eigenvalue weighted by Crippen LogP contribution is -2.19. The zero-order chi connectivity index (χ0) is 22.1. The summed E-state index contributed by atoms with van der Waals surface area (Å²) < 4.78 is 22.3. The number of carbonyl (C=O) groups excluding carboxylic acids is 1. The summed E-state index contributed by atoms with van der Waals surface area (Å²) in [4.78, 5) is 11.5. The van der Waals surface area contributed by atoms with Gasteiger partial charge in [-0.2, -0.15) is 0 Å². The van der Waals surface area contributed by atoms with Gasteiger partial charge in [-0.1, -0.05) is 38.0 Å². The van der Waals surface area contributed by atoms with Crippen molar-refractivity contribution in [3.05, 3.63) is 66.2 Å². The summed E-state index contributed by atoms with van der Waals surface area (Å²) >= 11 is 0. The lowest BCUT2D eigenvalue weighted by Gasteiger charge is -2.22. The first-order chi connectivity index (χ1) is 15.0. The minimum atomic E-state index is -0.450. The van der Waals surface area contributed by atoms with Gasteiger partial charge in [0.1, 0.15) is 23.9 Å². The maximum Gasteiger partial charge on any atom is 0.338 e. The van der Waals surface area contributed by atoms with Crippen LogP contribution in [-0.2, 0) is 9.53 Å². The molecule has 5 nitrogen and oxygen atoms in total. The summed E-state index contributed by atoms with van der Waals surface area (Å²) in [5.74, 6) is 2.18. The summed E-state index contributed by atoms with van der Waals surface area (Å²) in [7, 11) is 0. The second kappa shape index (κ2) is 11.6. The molecule has 1 saturated carbocycles. The molecule has 1 unspecified atom stereocenters. The number of esters is 1. The standard InChI is InChI=1S/C26H32O5/c1-19(2)26(27)31-25-15-13-24(14-16-25)30-20(3)28-17-18-29-23-11-9-22(10-12-23)21-7-5-4-6-8-21/h9-16,20-21H,1,4-8,17-18H2,2-3H3. The van der Waals surface area contributed by atoms with Gasteiger partial charge in [-0.05, 0) is 74.6 Å². The Morgan fingerprint density at radius 3 is 2.19 bits per heavy atom. The van der Waals surface area contributed by atoms with Crippen LogP contribution in [0.25, 0.3) is 0 Å². The lowest BCUT2D eigenvalue weighted by atomic mass is 9.84. The largest absolute Gasteiger partial charge is 0.491 e. The number of hydrogen-bond acceptors (Lipinski definition) is 5. The first kappa shape index (κ1) is 22.9. The van der Waals surface area contributed by atoms with Crippen LogP contribution in [0, 0.1) is 0 Å². The Morgan fingerprint density at radius 2 is 1.55 bits per heavy atom. The van der Waals surface area contributed by atoms with E-state index in [1.54, 1.807) is 31.2 Å². The maximum absolute atomic E-state index is 11.5. The van der Waals surface area contributed by atoms with Crippen molar-refractivity contribution in [1.82, 2.24) is 0 Å². The predicted molar refractivity (Wildman–Crippen MR) is 121 cm³/mol. The van der Waals surface area contributed by atoms with Crippen molar-refractivity contribution in [3.63, 3.8) is 0 Å². The van der Waals surface area contributed by atoms with Crippen LogP contribution < -0.4 is 14.2 Å². The molecule has 1 fully saturated rings. The third-order valence-electron chi connectivity index (χ3n) is 5.35. The van der Waals surface area contributed by atoms with Crippen LogP contribution in [0.2, 0.25) is 0 Å². The molecule has 1 atom stereocenters. The van der Waals surface area contributed by atoms with Crippen molar-refractivity contribution in [1.29, 1.82) is 0 Å². The van der Waals surface area contributed by atoms with Crippen molar-refractivity contribution < 1.29 is 23.7 Å². The third kappa shape index (κ3) is 7.44. The van der Waals surface area contributed by atoms with Gasteiger partial charge in [0, 0.05) is 5.57 Å². The van der Waals surface area contributed by atoms with E-state index in [1.165, 1.54) is 37.7 Å². The number of hydrogen-bond donors (Lipinski definition) is 0. The van der Waals surface area contributed by atoms with Crippen LogP contribution >= 0.6 is 0 Å². The fourth-order valence-corrected chi connectivity index (χ4v) is 3.65. The van der Waals surface area contributed by atoms with Gasteiger partial charge < -0.3 is 18.9 Å². The molecule has 0 bridgehead atoms. The van der Waals surface area contributed by atoms with E-state index < -0.39 is 12.3 Å². The SMILES string of the molecule is C=C(C)C(=O)Oc1ccc(OC(C)OCCOc2ccc(C3CCCCC3)cc2)cc1. The Bertz CT molecular complexity index is 835. The Hall–Kier alpha value is -2.79. The van der Waals surface area contributed by atoms with Gasteiger partial charge in [-0.15, -0.1) is 0 Å². The molecule has 1 aliphatic carbocycles. The second-order valence-electron chi connectivity index (χ2n) is 7.95. The highest BCUT2D eigenvalue weighted by Gasteiger charge is 2.15. The van der Waals surface area contributed by atoms with Gasteiger partial charge >= 0.3 is 5.97 Å². The first-order valence-corrected chi connectivity index (χ1v) is 11.0. The zero-order valence-electron chi connectivity index (χ0n) is 18.5. The van der Waals surface area contributed by atoms with E-state index in [2.05, 4.69) is 18.7 Å². The summed E-state index contributed by atoms with van der Waals surface area (Å²) in [5, 5.41) is 0. The van der Waals surface area contributed by atoms with Gasteiger partial charge in [0.2, 0.25) is 0 Å². The average molecular weight is 425 g/mol. The smallest absolute Gasteiger partial charge is 0.338 e. The van der Waals surface area contributed by atoms with Gasteiger partial charge in [0.15, 0.2) is 6.29 Å². The molecule has 0 N–H and O–H groups in total. The molecule has 2 aromatic rings. The highest BCUT2D eigenvalue weighted by atomic mass is 16.7. The van der Waals surface area contributed by atoms with Crippen molar-refractivity contribution in [2.45, 2.75) is 58.2 Å². The minimum Gasteiger partial charge on any atom is -0.491 e. The van der Waals surface area contributed by atoms with Crippen molar-refractivity contribution in [2.24, 2.45) is 0 Å². The molecule has 2 aromatic carbocycles. The van der Waals surface area contributed by atoms with Gasteiger partial charge in [0.05, 0.1) is 6.61 Å². The molecule has 5 heteroatoms. The number of rotatable bonds is 10. The molecule has 0 saturated heterocycles. The van der Waals surface area contributed by atoms with Gasteiger partial charge in [-0.3, -0.25) is 0 Å². The van der Waals surface area contributed by atoms with Crippen LogP contribution in [-0.4, -0.2) is 25.5 Å². The van der Waals surface area contributed by atoms with Crippen LogP contribution in [0.5, 0.6) is 17.2 Å². The molecule has 3 rings (SSSR count). The number of benzene rings is 2. The number of ether oxygens (including phenoxy) is 4. The minimum absolute atomic E-state index is 0.352. The van der Waals surface area contributed by atoms with E-state index in [4.69, 9.17) is 18.9 Å². The van der Waals surface area contributed by atoms with Crippen LogP contribution in [0.15, 0.2) is 60.7 Å². The Balaban J connectivity index is 1.35. The lowest BCUT2D eigenvalue weighted by molar-refractivity contribution is -0.130. The monoisotopic (exact) mass is 424 g/mol. The second-order valence-corrected chi connectivity index (χ2v) is 7.95. The fourth-order valence-electron chi connectivity index (χ4n) is 3.65. The summed E-state index contributed by atoms with van der Waals surface area (Å²) in [6.07, 6.45) is 6.22. The molecule has 0 spiro atoms. The molecular weight excluding hydrogens is 392 g/mol. The molecule has 0 amide bonds. The molecule has 31 heavy (non-hydrogen) atoms. The molecule has 166 valence electrons. The maximum atomic E-state index is 11.5. The third-order valence-corrected chi connectivity index (χ3v) is 5.35. The Kier molecular flexibility index (Phi) is 8.53. The van der Waals surface area contributed by atoms with E-state index in [0.29, 0.717) is 36.2 Å². The number of carbonyl (C=O) groups is 1. The van der Waals surface area contributed by atoms with E-state index in [0.717, 1.165) is 5.75 Å². The predicted octanol–water partition coefficient (Wildman–Crippen LogP) is 6.04. The van der Waals surface area contributed by atoms with Crippen LogP contribution in [0.4, 0.5) is 0 Å². The summed E-state index contributed by atoms with van der Waals surface area (Å²) in [5.41, 5.74) is 1.77. The van der Waals surface area contributed by atoms with E-state index >= 15 is 0 Å². The highest BCUT2D eigenvalue weighted by molar-refractivity contribution is 5.88. The average Bonchev–Trinajstić information content (AvgIpc) is 2.79. The quantitative estimate of drug-likeness (QED) is 0.153. The Labute approximate surface area is 185 Å². The van der Waals surface area contributed by atoms with E-state index in [9.17, 15) is 4.79 Å². The molecule has 1 aliphatic rings. The normalized spacial score (nSPS) is 15.2. The van der Waals surface area contributed by atoms with E-state index in [-0.39, 0.29) is 0 Å². The van der Waals surface area contributed by atoms with Crippen LogP contribution in [0.3, 0.4) is 0 Å². The van der Waals surface area contributed by atoms with Gasteiger partial charge in [0.25, 0.3) is 0 Å². The zero-order valence-corrected chi connectivity index (χ0v) is 18.5. The highest BCUT2D eigenvalue weighted by Crippen LogP contribution is 2.33. The van der Waals surface area contributed by atoms with Crippen LogP contribution in [0.1, 0.15) is 57.4 Å². The molecule has 0 radical (unpaired) electrons. The molecule has 0 aliphatic heterocycles.